The lowest BCUT2D eigenvalue weighted by Crippen LogP contribution is -2.74. The van der Waals surface area contributed by atoms with Crippen LogP contribution in [0.4, 0.5) is 11.6 Å². The van der Waals surface area contributed by atoms with E-state index in [1.54, 1.807) is 75.2 Å². The molecule has 2 saturated heterocycles. The van der Waals surface area contributed by atoms with E-state index in [9.17, 15) is 23.3 Å². The third-order valence-corrected chi connectivity index (χ3v) is 15.7. The fourth-order valence-corrected chi connectivity index (χ4v) is 11.5. The van der Waals surface area contributed by atoms with Gasteiger partial charge in [0.1, 0.15) is 34.9 Å². The molecule has 17 heteroatoms. The molecule has 3 aromatic heterocycles. The molecule has 1 saturated carbocycles. The van der Waals surface area contributed by atoms with Crippen LogP contribution < -0.4 is 30.0 Å². The molecule has 9 rings (SSSR count). The SMILES string of the molecule is CCS(=O)(=O)Nc1ccc(Oc2cccc(C3CN(CC4CCN(c5ncc(C(=O)NC6C(C)(C)C(Oc7ccc(C#N)c(Cl)c7)C6(C)C)cn5)CC4)C3)c2)c(-c2cn(C)c(=O)c3[nH]ccc23)c1. The van der Waals surface area contributed by atoms with Gasteiger partial charge >= 0.3 is 0 Å². The number of fused-ring (bicyclic) bond motifs is 1. The van der Waals surface area contributed by atoms with Crippen LogP contribution in [0.1, 0.15) is 74.9 Å². The van der Waals surface area contributed by atoms with Crippen molar-refractivity contribution in [2.75, 3.05) is 48.1 Å². The minimum absolute atomic E-state index is 0.0676. The van der Waals surface area contributed by atoms with Gasteiger partial charge in [-0.1, -0.05) is 51.4 Å². The summed E-state index contributed by atoms with van der Waals surface area (Å²) >= 11 is 6.26. The van der Waals surface area contributed by atoms with E-state index in [0.29, 0.717) is 73.3 Å². The Morgan fingerprint density at radius 1 is 0.971 bits per heavy atom. The van der Waals surface area contributed by atoms with Gasteiger partial charge in [-0.25, -0.2) is 18.4 Å². The van der Waals surface area contributed by atoms with Crippen LogP contribution in [-0.4, -0.2) is 89.4 Å². The summed E-state index contributed by atoms with van der Waals surface area (Å²) in [5, 5.41) is 13.5. The molecule has 5 heterocycles. The standard InChI is InChI=1S/C51H56ClN9O6S/c1-7-68(64,65)58-36-12-14-43(40(22-36)41-30-59(6)46(63)44-39(41)15-18-54-44)66-37-10-8-9-32(21-37)35-28-60(29-35)27-31-16-19-61(20-17-31)49-55-25-34(26-56-49)45(62)57-47-50(2,3)48(51(47,4)5)67-38-13-11-33(24-53)42(52)23-38/h8-15,18,21-23,25-26,30-31,35,47-48,54,58H,7,16-17,19-20,27-29H2,1-6H3,(H,57,62). The highest BCUT2D eigenvalue weighted by Crippen LogP contribution is 2.55. The molecule has 3 aromatic carbocycles. The zero-order chi connectivity index (χ0) is 48.1. The molecule has 354 valence electrons. The lowest BCUT2D eigenvalue weighted by molar-refractivity contribution is -0.164. The number of halogens is 1. The molecule has 68 heavy (non-hydrogen) atoms. The summed E-state index contributed by atoms with van der Waals surface area (Å²) in [6.45, 7) is 14.5. The molecule has 0 radical (unpaired) electrons. The van der Waals surface area contributed by atoms with Crippen LogP contribution in [-0.2, 0) is 17.1 Å². The number of nitrogens with one attached hydrogen (secondary N) is 3. The maximum Gasteiger partial charge on any atom is 0.274 e. The van der Waals surface area contributed by atoms with E-state index in [1.807, 2.05) is 18.2 Å². The second-order valence-electron chi connectivity index (χ2n) is 19.5. The number of anilines is 2. The van der Waals surface area contributed by atoms with Crippen molar-refractivity contribution in [3.05, 3.63) is 124 Å². The van der Waals surface area contributed by atoms with E-state index >= 15 is 0 Å². The first kappa shape index (κ1) is 46.7. The predicted octanol–water partition coefficient (Wildman–Crippen LogP) is 8.33. The van der Waals surface area contributed by atoms with Crippen LogP contribution in [0.3, 0.4) is 0 Å². The summed E-state index contributed by atoms with van der Waals surface area (Å²) in [7, 11) is -1.85. The minimum Gasteiger partial charge on any atom is -0.489 e. The Balaban J connectivity index is 0.771. The molecule has 3 N–H and O–H groups in total. The number of ether oxygens (including phenoxy) is 2. The molecule has 3 aliphatic rings. The second kappa shape index (κ2) is 18.2. The van der Waals surface area contributed by atoms with Crippen molar-refractivity contribution in [2.24, 2.45) is 23.8 Å². The van der Waals surface area contributed by atoms with Gasteiger partial charge in [0, 0.05) is 116 Å². The fraction of sp³-hybridized carbons (Fsp3) is 0.392. The number of piperidine rings is 1. The number of aromatic amines is 1. The number of nitriles is 1. The first-order valence-corrected chi connectivity index (χ1v) is 25.0. The van der Waals surface area contributed by atoms with E-state index in [0.717, 1.165) is 51.1 Å². The predicted molar refractivity (Wildman–Crippen MR) is 264 cm³/mol. The Hall–Kier alpha value is -6.41. The number of hydrogen-bond donors (Lipinski definition) is 3. The molecule has 0 atom stereocenters. The number of H-pyrrole nitrogens is 1. The highest BCUT2D eigenvalue weighted by Gasteiger charge is 2.64. The number of carbonyl (C=O) groups is 1. The van der Waals surface area contributed by atoms with Crippen LogP contribution in [0.15, 0.2) is 96.3 Å². The van der Waals surface area contributed by atoms with E-state index in [-0.39, 0.29) is 29.4 Å². The molecular weight excluding hydrogens is 902 g/mol. The number of aromatic nitrogens is 4. The molecule has 2 aliphatic heterocycles. The number of benzene rings is 3. The average molecular weight is 959 g/mol. The number of aryl methyl sites for hydroxylation is 1. The molecule has 1 amide bonds. The van der Waals surface area contributed by atoms with Gasteiger partial charge in [-0.05, 0) is 79.8 Å². The van der Waals surface area contributed by atoms with Gasteiger partial charge in [-0.2, -0.15) is 5.26 Å². The largest absolute Gasteiger partial charge is 0.489 e. The van der Waals surface area contributed by atoms with Crippen molar-refractivity contribution in [1.29, 1.82) is 5.26 Å². The summed E-state index contributed by atoms with van der Waals surface area (Å²) in [4.78, 5) is 43.4. The molecule has 0 unspecified atom stereocenters. The zero-order valence-corrected chi connectivity index (χ0v) is 40.6. The zero-order valence-electron chi connectivity index (χ0n) is 39.0. The Morgan fingerprint density at radius 3 is 2.40 bits per heavy atom. The smallest absolute Gasteiger partial charge is 0.274 e. The first-order valence-electron chi connectivity index (χ1n) is 23.0. The van der Waals surface area contributed by atoms with Crippen LogP contribution in [0.5, 0.6) is 17.2 Å². The van der Waals surface area contributed by atoms with E-state index in [1.165, 1.54) is 10.1 Å². The van der Waals surface area contributed by atoms with Gasteiger partial charge in [0.15, 0.2) is 0 Å². The maximum atomic E-state index is 13.5. The summed E-state index contributed by atoms with van der Waals surface area (Å²) < 4.78 is 42.1. The van der Waals surface area contributed by atoms with Crippen LogP contribution >= 0.6 is 11.6 Å². The Labute approximate surface area is 401 Å². The summed E-state index contributed by atoms with van der Waals surface area (Å²) in [6.07, 6.45) is 8.52. The number of carbonyl (C=O) groups excluding carboxylic acids is 1. The maximum absolute atomic E-state index is 13.5. The number of sulfonamides is 1. The summed E-state index contributed by atoms with van der Waals surface area (Å²) in [6, 6.07) is 22.1. The Morgan fingerprint density at radius 2 is 1.71 bits per heavy atom. The number of rotatable bonds is 14. The van der Waals surface area contributed by atoms with Crippen molar-refractivity contribution in [1.82, 2.24) is 29.7 Å². The van der Waals surface area contributed by atoms with Crippen LogP contribution in [0.2, 0.25) is 5.02 Å². The lowest BCUT2D eigenvalue weighted by atomic mass is 9.49. The third kappa shape index (κ3) is 9.14. The van der Waals surface area contributed by atoms with Gasteiger partial charge in [0.2, 0.25) is 16.0 Å². The summed E-state index contributed by atoms with van der Waals surface area (Å²) in [5.41, 5.74) is 3.26. The number of pyridine rings is 1. The van der Waals surface area contributed by atoms with Crippen molar-refractivity contribution in [3.8, 4) is 34.4 Å². The second-order valence-corrected chi connectivity index (χ2v) is 22.0. The molecule has 0 bridgehead atoms. The lowest BCUT2D eigenvalue weighted by Gasteiger charge is -2.63. The summed E-state index contributed by atoms with van der Waals surface area (Å²) in [5.74, 6) is 3.02. The number of likely N-dealkylation sites (tertiary alicyclic amines) is 1. The van der Waals surface area contributed by atoms with Gasteiger partial charge < -0.3 is 34.1 Å². The van der Waals surface area contributed by atoms with Crippen LogP contribution in [0, 0.1) is 28.1 Å². The number of amides is 1. The van der Waals surface area contributed by atoms with Gasteiger partial charge in [0.05, 0.1) is 21.9 Å². The highest BCUT2D eigenvalue weighted by atomic mass is 35.5. The van der Waals surface area contributed by atoms with Crippen LogP contribution in [0.25, 0.3) is 22.0 Å². The molecule has 0 spiro atoms. The topological polar surface area (TPSA) is 188 Å². The molecular formula is C51H56ClN9O6S. The Bertz CT molecular complexity index is 3080. The molecule has 6 aromatic rings. The van der Waals surface area contributed by atoms with Crippen molar-refractivity contribution >= 4 is 50.1 Å². The van der Waals surface area contributed by atoms with Crippen molar-refractivity contribution in [2.45, 2.75) is 65.5 Å². The monoisotopic (exact) mass is 957 g/mol. The molecule has 15 nitrogen and oxygen atoms in total. The number of hydrogen-bond acceptors (Lipinski definition) is 11. The fourth-order valence-electron chi connectivity index (χ4n) is 10.6. The minimum atomic E-state index is -3.53. The van der Waals surface area contributed by atoms with E-state index < -0.39 is 20.9 Å². The quantitative estimate of drug-likeness (QED) is 0.0953. The van der Waals surface area contributed by atoms with Gasteiger partial charge in [0.25, 0.3) is 11.5 Å². The van der Waals surface area contributed by atoms with Gasteiger partial charge in [-0.15, -0.1) is 0 Å². The normalized spacial score (nSPS) is 19.4. The van der Waals surface area contributed by atoms with E-state index in [2.05, 4.69) is 80.7 Å². The number of nitrogens with zero attached hydrogens (tertiary/aromatic N) is 6. The first-order chi connectivity index (χ1) is 32.4. The third-order valence-electron chi connectivity index (χ3n) is 14.1. The van der Waals surface area contributed by atoms with Crippen molar-refractivity contribution in [3.63, 3.8) is 0 Å². The molecule has 3 fully saturated rings. The highest BCUT2D eigenvalue weighted by molar-refractivity contribution is 7.92. The van der Waals surface area contributed by atoms with E-state index in [4.69, 9.17) is 21.1 Å². The van der Waals surface area contributed by atoms with Crippen molar-refractivity contribution < 1.29 is 22.7 Å². The molecule has 1 aliphatic carbocycles. The Kier molecular flexibility index (Phi) is 12.5. The average Bonchev–Trinajstić information content (AvgIpc) is 3.81. The van der Waals surface area contributed by atoms with Gasteiger partial charge in [-0.3, -0.25) is 14.3 Å².